The number of hydrogen-bond donors (Lipinski definition) is 3. The first-order chi connectivity index (χ1) is 41.4. The van der Waals surface area contributed by atoms with E-state index >= 15 is 0 Å². The van der Waals surface area contributed by atoms with Crippen molar-refractivity contribution < 1.29 is 80.2 Å². The van der Waals surface area contributed by atoms with Crippen LogP contribution in [0.25, 0.3) is 0 Å². The molecular weight excluding hydrogens is 1140 g/mol. The quantitative estimate of drug-likeness (QED) is 0.0222. The number of esters is 4. The van der Waals surface area contributed by atoms with Crippen LogP contribution in [0.5, 0.6) is 0 Å². The molecule has 0 aliphatic carbocycles. The van der Waals surface area contributed by atoms with Crippen LogP contribution in [-0.4, -0.2) is 96.7 Å². The highest BCUT2D eigenvalue weighted by Crippen LogP contribution is 2.45. The Morgan fingerprint density at radius 2 is 0.535 bits per heavy atom. The lowest BCUT2D eigenvalue weighted by molar-refractivity contribution is -0.161. The van der Waals surface area contributed by atoms with Crippen LogP contribution in [0.15, 0.2) is 0 Å². The number of carbonyl (C=O) groups is 4. The lowest BCUT2D eigenvalue weighted by atomic mass is 10.0. The largest absolute Gasteiger partial charge is 0.472 e. The van der Waals surface area contributed by atoms with E-state index in [2.05, 4.69) is 41.5 Å². The maximum Gasteiger partial charge on any atom is 0.472 e. The summed E-state index contributed by atoms with van der Waals surface area (Å²) < 4.78 is 67.9. The molecule has 0 spiro atoms. The smallest absolute Gasteiger partial charge is 0.462 e. The van der Waals surface area contributed by atoms with Gasteiger partial charge in [-0.15, -0.1) is 0 Å². The van der Waals surface area contributed by atoms with Crippen LogP contribution in [-0.2, 0) is 65.4 Å². The van der Waals surface area contributed by atoms with Crippen LogP contribution in [0.4, 0.5) is 0 Å². The highest BCUT2D eigenvalue weighted by Gasteiger charge is 2.30. The summed E-state index contributed by atoms with van der Waals surface area (Å²) in [5.74, 6) is -0.716. The molecule has 0 fully saturated rings. The van der Waals surface area contributed by atoms with E-state index in [1.165, 1.54) is 148 Å². The molecule has 510 valence electrons. The Bertz CT molecular complexity index is 1680. The Morgan fingerprint density at radius 1 is 0.314 bits per heavy atom. The van der Waals surface area contributed by atoms with Gasteiger partial charge in [0.2, 0.25) is 0 Å². The number of unbranched alkanes of at least 4 members (excludes halogenated alkanes) is 36. The average Bonchev–Trinajstić information content (AvgIpc) is 3.63. The SMILES string of the molecule is CCCCCCCCCCCCCCCCCCCCCC(=O)O[C@H](COC(=O)CCCCCCCCCCCCC(C)C)COP(=O)(O)OC[C@@H](O)COP(=O)(O)OC[C@@H](COC(=O)CCCCCCC)OC(=O)CCCCCCCCC(C)C. The number of rotatable bonds is 66. The molecule has 5 atom stereocenters. The van der Waals surface area contributed by atoms with E-state index in [0.29, 0.717) is 31.6 Å². The first-order valence-electron chi connectivity index (χ1n) is 35.0. The van der Waals surface area contributed by atoms with Gasteiger partial charge in [0, 0.05) is 25.7 Å². The minimum atomic E-state index is -4.95. The standard InChI is InChI=1S/C67H130O17P2/c1-7-9-11-13-14-15-16-17-18-19-20-21-22-23-24-29-32-39-45-51-66(71)83-63(56-78-65(70)50-44-38-31-28-26-25-27-30-36-41-47-59(3)4)58-82-86(75,76)80-54-61(68)53-79-85(73,74)81-57-62(55-77-64(69)49-43-35-12-10-8-2)84-67(72)52-46-40-34-33-37-42-48-60(5)6/h59-63,68H,7-58H2,1-6H3,(H,73,74)(H,75,76)/t61-,62+,63+/m0/s1. The first-order valence-corrected chi connectivity index (χ1v) is 38.0. The number of ether oxygens (including phenoxy) is 4. The Morgan fingerprint density at radius 3 is 0.791 bits per heavy atom. The maximum atomic E-state index is 13.0. The molecule has 3 N–H and O–H groups in total. The van der Waals surface area contributed by atoms with Crippen molar-refractivity contribution in [2.75, 3.05) is 39.6 Å². The third kappa shape index (κ3) is 60.9. The topological polar surface area (TPSA) is 237 Å². The average molecular weight is 1270 g/mol. The van der Waals surface area contributed by atoms with Crippen molar-refractivity contribution in [1.29, 1.82) is 0 Å². The lowest BCUT2D eigenvalue weighted by Gasteiger charge is -2.21. The number of phosphoric acid groups is 2. The zero-order valence-electron chi connectivity index (χ0n) is 55.6. The molecule has 0 aliphatic heterocycles. The van der Waals surface area contributed by atoms with Crippen molar-refractivity contribution in [3.63, 3.8) is 0 Å². The number of aliphatic hydroxyl groups is 1. The third-order valence-electron chi connectivity index (χ3n) is 15.5. The predicted molar refractivity (Wildman–Crippen MR) is 345 cm³/mol. The molecule has 0 rings (SSSR count). The van der Waals surface area contributed by atoms with E-state index in [0.717, 1.165) is 102 Å². The highest BCUT2D eigenvalue weighted by atomic mass is 31.2. The van der Waals surface area contributed by atoms with Crippen LogP contribution >= 0.6 is 15.6 Å². The van der Waals surface area contributed by atoms with E-state index in [4.69, 9.17) is 37.0 Å². The monoisotopic (exact) mass is 1270 g/mol. The molecule has 19 heteroatoms. The fourth-order valence-electron chi connectivity index (χ4n) is 10.1. The van der Waals surface area contributed by atoms with Crippen molar-refractivity contribution >= 4 is 39.5 Å². The molecule has 0 bridgehead atoms. The van der Waals surface area contributed by atoms with Gasteiger partial charge in [0.15, 0.2) is 12.2 Å². The molecule has 17 nitrogen and oxygen atoms in total. The van der Waals surface area contributed by atoms with Gasteiger partial charge in [-0.3, -0.25) is 37.3 Å². The van der Waals surface area contributed by atoms with Crippen LogP contribution in [0.3, 0.4) is 0 Å². The normalized spacial score (nSPS) is 14.2. The van der Waals surface area contributed by atoms with E-state index in [1.807, 2.05) is 0 Å². The van der Waals surface area contributed by atoms with Crippen molar-refractivity contribution in [1.82, 2.24) is 0 Å². The predicted octanol–water partition coefficient (Wildman–Crippen LogP) is 18.8. The fraction of sp³-hybridized carbons (Fsp3) is 0.940. The van der Waals surface area contributed by atoms with Gasteiger partial charge in [0.05, 0.1) is 26.4 Å². The Kier molecular flexibility index (Phi) is 58.0. The molecule has 0 aromatic carbocycles. The van der Waals surface area contributed by atoms with Crippen molar-refractivity contribution in [2.24, 2.45) is 11.8 Å². The van der Waals surface area contributed by atoms with Gasteiger partial charge in [-0.05, 0) is 37.5 Å². The summed E-state index contributed by atoms with van der Waals surface area (Å²) in [7, 11) is -9.88. The summed E-state index contributed by atoms with van der Waals surface area (Å²) in [6, 6.07) is 0. The van der Waals surface area contributed by atoms with Gasteiger partial charge < -0.3 is 33.8 Å². The fourth-order valence-corrected chi connectivity index (χ4v) is 11.6. The molecule has 2 unspecified atom stereocenters. The number of phosphoric ester groups is 2. The van der Waals surface area contributed by atoms with Gasteiger partial charge in [-0.2, -0.15) is 0 Å². The molecule has 0 aliphatic rings. The molecule has 0 heterocycles. The molecule has 0 amide bonds. The molecule has 86 heavy (non-hydrogen) atoms. The summed E-state index contributed by atoms with van der Waals surface area (Å²) in [5.41, 5.74) is 0. The van der Waals surface area contributed by atoms with Crippen LogP contribution < -0.4 is 0 Å². The van der Waals surface area contributed by atoms with Gasteiger partial charge in [0.25, 0.3) is 0 Å². The van der Waals surface area contributed by atoms with Gasteiger partial charge >= 0.3 is 39.5 Å². The van der Waals surface area contributed by atoms with Crippen LogP contribution in [0, 0.1) is 11.8 Å². The van der Waals surface area contributed by atoms with Crippen LogP contribution in [0.1, 0.15) is 337 Å². The first kappa shape index (κ1) is 84.1. The molecule has 0 radical (unpaired) electrons. The summed E-state index contributed by atoms with van der Waals surface area (Å²) in [6.07, 6.45) is 43.8. The van der Waals surface area contributed by atoms with Crippen LogP contribution in [0.2, 0.25) is 0 Å². The minimum Gasteiger partial charge on any atom is -0.462 e. The Balaban J connectivity index is 5.13. The van der Waals surface area contributed by atoms with Crippen molar-refractivity contribution in [2.45, 2.75) is 355 Å². The van der Waals surface area contributed by atoms with E-state index < -0.39 is 97.5 Å². The second kappa shape index (κ2) is 59.4. The van der Waals surface area contributed by atoms with Crippen molar-refractivity contribution in [3.05, 3.63) is 0 Å². The zero-order valence-corrected chi connectivity index (χ0v) is 57.4. The number of aliphatic hydroxyl groups excluding tert-OH is 1. The van der Waals surface area contributed by atoms with E-state index in [-0.39, 0.29) is 25.7 Å². The lowest BCUT2D eigenvalue weighted by Crippen LogP contribution is -2.30. The second-order valence-corrected chi connectivity index (χ2v) is 28.1. The van der Waals surface area contributed by atoms with Gasteiger partial charge in [0.1, 0.15) is 19.3 Å². The minimum absolute atomic E-state index is 0.101. The van der Waals surface area contributed by atoms with Crippen molar-refractivity contribution in [3.8, 4) is 0 Å². The van der Waals surface area contributed by atoms with Gasteiger partial charge in [-0.1, -0.05) is 286 Å². The molecule has 0 saturated carbocycles. The van der Waals surface area contributed by atoms with E-state index in [1.54, 1.807) is 0 Å². The summed E-state index contributed by atoms with van der Waals surface area (Å²) in [6.45, 7) is 9.33. The third-order valence-corrected chi connectivity index (χ3v) is 17.4. The summed E-state index contributed by atoms with van der Waals surface area (Å²) in [5, 5.41) is 10.5. The zero-order chi connectivity index (χ0) is 63.6. The molecule has 0 aromatic heterocycles. The Hall–Kier alpha value is -1.94. The highest BCUT2D eigenvalue weighted by molar-refractivity contribution is 7.47. The summed E-state index contributed by atoms with van der Waals surface area (Å²) >= 11 is 0. The van der Waals surface area contributed by atoms with E-state index in [9.17, 15) is 43.2 Å². The van der Waals surface area contributed by atoms with Gasteiger partial charge in [-0.25, -0.2) is 9.13 Å². The number of hydrogen-bond acceptors (Lipinski definition) is 15. The second-order valence-electron chi connectivity index (χ2n) is 25.2. The molecule has 0 aromatic rings. The molecular formula is C67H130O17P2. The molecule has 0 saturated heterocycles. The maximum absolute atomic E-state index is 13.0. The Labute approximate surface area is 524 Å². The number of carbonyl (C=O) groups excluding carboxylic acids is 4. The summed E-state index contributed by atoms with van der Waals surface area (Å²) in [4.78, 5) is 72.1.